The summed E-state index contributed by atoms with van der Waals surface area (Å²) in [5.74, 6) is 0.354. The van der Waals surface area contributed by atoms with E-state index >= 15 is 0 Å². The quantitative estimate of drug-likeness (QED) is 0.706. The van der Waals surface area contributed by atoms with Crippen molar-refractivity contribution >= 4 is 11.6 Å². The number of hydrogen-bond donors (Lipinski definition) is 1. The molecule has 5 rings (SSSR count). The Labute approximate surface area is 159 Å². The van der Waals surface area contributed by atoms with E-state index in [1.807, 2.05) is 47.4 Å². The van der Waals surface area contributed by atoms with Gasteiger partial charge in [0.15, 0.2) is 0 Å². The molecule has 1 aliphatic carbocycles. The highest BCUT2D eigenvalue weighted by Gasteiger charge is 2.45. The van der Waals surface area contributed by atoms with Crippen LogP contribution in [0.5, 0.6) is 0 Å². The van der Waals surface area contributed by atoms with E-state index in [9.17, 15) is 4.79 Å². The van der Waals surface area contributed by atoms with Gasteiger partial charge in [0.1, 0.15) is 0 Å². The molecule has 27 heavy (non-hydrogen) atoms. The predicted octanol–water partition coefficient (Wildman–Crippen LogP) is 4.97. The summed E-state index contributed by atoms with van der Waals surface area (Å²) < 4.78 is 0. The van der Waals surface area contributed by atoms with Crippen LogP contribution in [0.15, 0.2) is 78.9 Å². The Morgan fingerprint density at radius 2 is 1.56 bits per heavy atom. The molecule has 2 aliphatic rings. The molecule has 2 N–H and O–H groups in total. The third-order valence-corrected chi connectivity index (χ3v) is 5.98. The van der Waals surface area contributed by atoms with E-state index in [-0.39, 0.29) is 18.0 Å². The minimum absolute atomic E-state index is 0.0163. The van der Waals surface area contributed by atoms with Gasteiger partial charge in [-0.15, -0.1) is 0 Å². The van der Waals surface area contributed by atoms with Gasteiger partial charge in [0, 0.05) is 23.2 Å². The first-order valence-corrected chi connectivity index (χ1v) is 9.57. The van der Waals surface area contributed by atoms with Gasteiger partial charge in [-0.3, -0.25) is 9.69 Å². The van der Waals surface area contributed by atoms with E-state index in [2.05, 4.69) is 36.4 Å². The Bertz CT molecular complexity index is 984. The van der Waals surface area contributed by atoms with Crippen LogP contribution in [0.4, 0.5) is 5.69 Å². The Balaban J connectivity index is 1.71. The molecule has 3 aromatic rings. The van der Waals surface area contributed by atoms with E-state index in [1.54, 1.807) is 0 Å². The molecule has 0 saturated carbocycles. The second kappa shape index (κ2) is 6.36. The van der Waals surface area contributed by atoms with Gasteiger partial charge in [-0.2, -0.15) is 0 Å². The summed E-state index contributed by atoms with van der Waals surface area (Å²) in [7, 11) is 0. The van der Waals surface area contributed by atoms with Crippen LogP contribution in [-0.2, 0) is 0 Å². The maximum Gasteiger partial charge on any atom is 0.258 e. The maximum atomic E-state index is 13.6. The summed E-state index contributed by atoms with van der Waals surface area (Å²) in [6.07, 6.45) is 1.96. The van der Waals surface area contributed by atoms with Crippen molar-refractivity contribution in [3.05, 3.63) is 101 Å². The standard InChI is InChI=1S/C24H22N2O/c25-20-15-14-19-22-18(20)12-7-13-21(22)26(23(19)16-8-3-1-4-9-16)24(27)17-10-5-2-6-11-17/h1-13,19-20,23H,14-15,25H2. The van der Waals surface area contributed by atoms with Crippen LogP contribution < -0.4 is 10.6 Å². The van der Waals surface area contributed by atoms with Gasteiger partial charge < -0.3 is 5.73 Å². The van der Waals surface area contributed by atoms with E-state index in [1.165, 1.54) is 16.7 Å². The van der Waals surface area contributed by atoms with Crippen molar-refractivity contribution in [2.75, 3.05) is 4.90 Å². The molecule has 1 amide bonds. The van der Waals surface area contributed by atoms with Gasteiger partial charge >= 0.3 is 0 Å². The highest BCUT2D eigenvalue weighted by atomic mass is 16.2. The van der Waals surface area contributed by atoms with Crippen LogP contribution in [-0.4, -0.2) is 5.91 Å². The molecule has 0 aromatic heterocycles. The van der Waals surface area contributed by atoms with Gasteiger partial charge in [-0.25, -0.2) is 0 Å². The molecule has 0 fully saturated rings. The summed E-state index contributed by atoms with van der Waals surface area (Å²) in [6, 6.07) is 26.3. The summed E-state index contributed by atoms with van der Waals surface area (Å²) in [6.45, 7) is 0. The van der Waals surface area contributed by atoms with Crippen LogP contribution in [0.1, 0.15) is 57.9 Å². The minimum atomic E-state index is 0.0163. The Morgan fingerprint density at radius 3 is 2.30 bits per heavy atom. The van der Waals surface area contributed by atoms with Crippen molar-refractivity contribution in [2.24, 2.45) is 5.73 Å². The molecule has 3 heteroatoms. The summed E-state index contributed by atoms with van der Waals surface area (Å²) >= 11 is 0. The van der Waals surface area contributed by atoms with Gasteiger partial charge in [-0.05, 0) is 47.7 Å². The highest BCUT2D eigenvalue weighted by Crippen LogP contribution is 2.56. The van der Waals surface area contributed by atoms with E-state index < -0.39 is 0 Å². The average Bonchev–Trinajstić information content (AvgIpc) is 3.07. The number of carbonyl (C=O) groups excluding carboxylic acids is 1. The van der Waals surface area contributed by atoms with Crippen LogP contribution in [0.25, 0.3) is 0 Å². The fraction of sp³-hybridized carbons (Fsp3) is 0.208. The molecule has 1 heterocycles. The largest absolute Gasteiger partial charge is 0.324 e. The molecule has 0 bridgehead atoms. The lowest BCUT2D eigenvalue weighted by Crippen LogP contribution is -2.33. The number of hydrogen-bond acceptors (Lipinski definition) is 2. The first-order valence-electron chi connectivity index (χ1n) is 9.57. The smallest absolute Gasteiger partial charge is 0.258 e. The van der Waals surface area contributed by atoms with Gasteiger partial charge in [0.25, 0.3) is 5.91 Å². The SMILES string of the molecule is NC1CCC2c3c1cccc3N(C(=O)c1ccccc1)C2c1ccccc1. The van der Waals surface area contributed by atoms with Crippen LogP contribution in [0.2, 0.25) is 0 Å². The number of nitrogens with two attached hydrogens (primary N) is 1. The molecule has 3 nitrogen and oxygen atoms in total. The molecule has 0 radical (unpaired) electrons. The minimum Gasteiger partial charge on any atom is -0.324 e. The van der Waals surface area contributed by atoms with E-state index in [0.29, 0.717) is 5.92 Å². The molecule has 0 spiro atoms. The zero-order valence-corrected chi connectivity index (χ0v) is 15.1. The third-order valence-electron chi connectivity index (χ3n) is 5.98. The molecule has 1 aliphatic heterocycles. The Hall–Kier alpha value is -2.91. The Morgan fingerprint density at radius 1 is 0.852 bits per heavy atom. The average molecular weight is 354 g/mol. The van der Waals surface area contributed by atoms with Crippen molar-refractivity contribution in [1.82, 2.24) is 0 Å². The van der Waals surface area contributed by atoms with Gasteiger partial charge in [0.05, 0.1) is 6.04 Å². The van der Waals surface area contributed by atoms with Crippen LogP contribution in [0, 0.1) is 0 Å². The molecule has 3 unspecified atom stereocenters. The highest BCUT2D eigenvalue weighted by molar-refractivity contribution is 6.08. The monoisotopic (exact) mass is 354 g/mol. The van der Waals surface area contributed by atoms with E-state index in [0.717, 1.165) is 24.1 Å². The van der Waals surface area contributed by atoms with Crippen LogP contribution in [0.3, 0.4) is 0 Å². The second-order valence-corrected chi connectivity index (χ2v) is 7.47. The normalized spacial score (nSPS) is 23.1. The number of nitrogens with zero attached hydrogens (tertiary/aromatic N) is 1. The lowest BCUT2D eigenvalue weighted by molar-refractivity contribution is 0.0976. The second-order valence-electron chi connectivity index (χ2n) is 7.47. The lowest BCUT2D eigenvalue weighted by atomic mass is 9.77. The number of carbonyl (C=O) groups is 1. The van der Waals surface area contributed by atoms with Crippen molar-refractivity contribution < 1.29 is 4.79 Å². The lowest BCUT2D eigenvalue weighted by Gasteiger charge is -2.31. The number of anilines is 1. The Kier molecular flexibility index (Phi) is 3.83. The number of rotatable bonds is 2. The molecular weight excluding hydrogens is 332 g/mol. The zero-order chi connectivity index (χ0) is 18.4. The van der Waals surface area contributed by atoms with Crippen molar-refractivity contribution in [1.29, 1.82) is 0 Å². The first-order chi connectivity index (χ1) is 13.3. The van der Waals surface area contributed by atoms with Crippen molar-refractivity contribution in [3.8, 4) is 0 Å². The molecule has 3 aromatic carbocycles. The fourth-order valence-electron chi connectivity index (χ4n) is 4.80. The molecule has 0 saturated heterocycles. The van der Waals surface area contributed by atoms with Gasteiger partial charge in [0.2, 0.25) is 0 Å². The molecule has 3 atom stereocenters. The van der Waals surface area contributed by atoms with Crippen molar-refractivity contribution in [2.45, 2.75) is 30.8 Å². The summed E-state index contributed by atoms with van der Waals surface area (Å²) in [5, 5.41) is 0. The molecular formula is C24H22N2O. The topological polar surface area (TPSA) is 46.3 Å². The summed E-state index contributed by atoms with van der Waals surface area (Å²) in [5.41, 5.74) is 11.8. The number of amides is 1. The van der Waals surface area contributed by atoms with Crippen LogP contribution >= 0.6 is 0 Å². The first kappa shape index (κ1) is 16.3. The zero-order valence-electron chi connectivity index (χ0n) is 15.1. The number of benzene rings is 3. The fourth-order valence-corrected chi connectivity index (χ4v) is 4.80. The van der Waals surface area contributed by atoms with E-state index in [4.69, 9.17) is 5.73 Å². The van der Waals surface area contributed by atoms with Gasteiger partial charge in [-0.1, -0.05) is 60.7 Å². The predicted molar refractivity (Wildman–Crippen MR) is 108 cm³/mol. The third kappa shape index (κ3) is 2.50. The maximum absolute atomic E-state index is 13.6. The molecule has 134 valence electrons. The van der Waals surface area contributed by atoms with Crippen molar-refractivity contribution in [3.63, 3.8) is 0 Å². The summed E-state index contributed by atoms with van der Waals surface area (Å²) in [4.78, 5) is 15.6.